The zero-order chi connectivity index (χ0) is 29.5. The number of likely N-dealkylation sites (tertiary alicyclic amines) is 1. The number of aliphatic hydroxyl groups is 1. The van der Waals surface area contributed by atoms with Crippen LogP contribution in [0.15, 0.2) is 47.5 Å². The molecule has 42 heavy (non-hydrogen) atoms. The molecule has 0 radical (unpaired) electrons. The van der Waals surface area contributed by atoms with Gasteiger partial charge in [0.25, 0.3) is 5.91 Å². The van der Waals surface area contributed by atoms with E-state index in [4.69, 9.17) is 9.15 Å². The number of oxazole rings is 1. The number of amides is 2. The molecule has 224 valence electrons. The smallest absolute Gasteiger partial charge is 0.251 e. The first-order valence-electron chi connectivity index (χ1n) is 14.9. The van der Waals surface area contributed by atoms with E-state index in [1.165, 1.54) is 17.5 Å². The molecule has 1 fully saturated rings. The van der Waals surface area contributed by atoms with Crippen molar-refractivity contribution >= 4 is 11.8 Å². The minimum Gasteiger partial charge on any atom is -0.485 e. The average Bonchev–Trinajstić information content (AvgIpc) is 3.53. The SMILES string of the molecule is CCC(=O)N1CCC(Cc2cc(C(=O)NC[C@H](O)CN3CCc4c(ccc(OCc5cnco5)c4C)C3)ccn2)CC1. The molecule has 2 aromatic heterocycles. The Hall–Kier alpha value is -3.76. The molecule has 5 rings (SSSR count). The molecule has 10 nitrogen and oxygen atoms in total. The molecule has 4 heterocycles. The lowest BCUT2D eigenvalue weighted by atomic mass is 9.91. The minimum absolute atomic E-state index is 0.178. The number of fused-ring (bicyclic) bond motifs is 1. The Morgan fingerprint density at radius 2 is 2.05 bits per heavy atom. The van der Waals surface area contributed by atoms with Crippen LogP contribution in [0.4, 0.5) is 0 Å². The lowest BCUT2D eigenvalue weighted by Gasteiger charge is -2.32. The maximum absolute atomic E-state index is 12.9. The molecular weight excluding hydrogens is 534 g/mol. The Kier molecular flexibility index (Phi) is 9.86. The first-order valence-corrected chi connectivity index (χ1v) is 14.9. The number of nitrogens with one attached hydrogen (secondary N) is 1. The molecule has 0 bridgehead atoms. The number of β-amino-alcohol motifs (C(OH)–C–C–N with tert-alkyl or cyclic N) is 1. The van der Waals surface area contributed by atoms with Gasteiger partial charge in [0.1, 0.15) is 12.4 Å². The van der Waals surface area contributed by atoms with Crippen molar-refractivity contribution in [3.63, 3.8) is 0 Å². The predicted octanol–water partition coefficient (Wildman–Crippen LogP) is 3.30. The average molecular weight is 576 g/mol. The highest BCUT2D eigenvalue weighted by atomic mass is 16.5. The molecule has 0 spiro atoms. The summed E-state index contributed by atoms with van der Waals surface area (Å²) in [5.41, 5.74) is 5.09. The quantitative estimate of drug-likeness (QED) is 0.357. The number of ether oxygens (including phenoxy) is 1. The van der Waals surface area contributed by atoms with E-state index < -0.39 is 6.10 Å². The van der Waals surface area contributed by atoms with Crippen LogP contribution in [0.1, 0.15) is 64.7 Å². The van der Waals surface area contributed by atoms with Crippen molar-refractivity contribution in [3.8, 4) is 5.75 Å². The van der Waals surface area contributed by atoms with Gasteiger partial charge in [0.15, 0.2) is 12.2 Å². The number of piperidine rings is 1. The zero-order valence-electron chi connectivity index (χ0n) is 24.6. The minimum atomic E-state index is -0.682. The Morgan fingerprint density at radius 3 is 2.81 bits per heavy atom. The number of carbonyl (C=O) groups is 2. The lowest BCUT2D eigenvalue weighted by Crippen LogP contribution is -2.42. The summed E-state index contributed by atoms with van der Waals surface area (Å²) < 4.78 is 11.2. The van der Waals surface area contributed by atoms with E-state index in [9.17, 15) is 14.7 Å². The highest BCUT2D eigenvalue weighted by Crippen LogP contribution is 2.30. The van der Waals surface area contributed by atoms with Crippen molar-refractivity contribution in [2.45, 2.75) is 65.2 Å². The van der Waals surface area contributed by atoms with E-state index in [0.717, 1.165) is 68.9 Å². The van der Waals surface area contributed by atoms with Gasteiger partial charge in [-0.05, 0) is 73.4 Å². The molecule has 3 aromatic rings. The highest BCUT2D eigenvalue weighted by Gasteiger charge is 2.24. The first kappa shape index (κ1) is 29.7. The highest BCUT2D eigenvalue weighted by molar-refractivity contribution is 5.94. The number of aliphatic hydroxyl groups excluding tert-OH is 1. The van der Waals surface area contributed by atoms with E-state index in [2.05, 4.69) is 33.2 Å². The molecule has 1 saturated heterocycles. The number of nitrogens with zero attached hydrogens (tertiary/aromatic N) is 4. The third-order valence-electron chi connectivity index (χ3n) is 8.38. The lowest BCUT2D eigenvalue weighted by molar-refractivity contribution is -0.132. The number of aromatic nitrogens is 2. The van der Waals surface area contributed by atoms with Crippen molar-refractivity contribution in [1.82, 2.24) is 25.1 Å². The molecule has 1 atom stereocenters. The van der Waals surface area contributed by atoms with Gasteiger partial charge in [-0.15, -0.1) is 0 Å². The Labute approximate surface area is 247 Å². The van der Waals surface area contributed by atoms with Crippen LogP contribution < -0.4 is 10.1 Å². The second-order valence-electron chi connectivity index (χ2n) is 11.3. The van der Waals surface area contributed by atoms with E-state index in [1.54, 1.807) is 18.5 Å². The van der Waals surface area contributed by atoms with Gasteiger partial charge in [0.05, 0.1) is 12.3 Å². The van der Waals surface area contributed by atoms with Crippen LogP contribution in [0.3, 0.4) is 0 Å². The molecule has 2 aliphatic rings. The standard InChI is InChI=1S/C32H41N5O5/c1-3-31(39)37-12-7-23(8-13-37)14-26-15-24(6-10-34-26)32(40)35-16-27(38)19-36-11-9-29-22(2)30(5-4-25(29)18-36)41-20-28-17-33-21-42-28/h4-6,10,15,17,21,23,27,38H,3,7-9,11-14,16,18-20H2,1-2H3,(H,35,40)/t27-/m0/s1. The van der Waals surface area contributed by atoms with Crippen molar-refractivity contribution in [2.24, 2.45) is 5.92 Å². The number of hydrogen-bond donors (Lipinski definition) is 2. The second-order valence-corrected chi connectivity index (χ2v) is 11.3. The van der Waals surface area contributed by atoms with Crippen molar-refractivity contribution in [1.29, 1.82) is 0 Å². The van der Waals surface area contributed by atoms with Gasteiger partial charge in [-0.1, -0.05) is 13.0 Å². The monoisotopic (exact) mass is 575 g/mol. The summed E-state index contributed by atoms with van der Waals surface area (Å²) in [6.07, 6.45) is 8.16. The molecule has 2 amide bonds. The van der Waals surface area contributed by atoms with Crippen molar-refractivity contribution in [3.05, 3.63) is 76.8 Å². The van der Waals surface area contributed by atoms with Crippen LogP contribution in [0, 0.1) is 12.8 Å². The second kappa shape index (κ2) is 13.9. The summed E-state index contributed by atoms with van der Waals surface area (Å²) in [5.74, 6) is 1.98. The van der Waals surface area contributed by atoms with E-state index >= 15 is 0 Å². The van der Waals surface area contributed by atoms with Crippen LogP contribution >= 0.6 is 0 Å². The van der Waals surface area contributed by atoms with E-state index in [1.807, 2.05) is 24.0 Å². The fraction of sp³-hybridized carbons (Fsp3) is 0.500. The summed E-state index contributed by atoms with van der Waals surface area (Å²) in [7, 11) is 0. The van der Waals surface area contributed by atoms with Crippen LogP contribution in [-0.2, 0) is 30.8 Å². The fourth-order valence-corrected chi connectivity index (χ4v) is 5.96. The van der Waals surface area contributed by atoms with E-state index in [-0.39, 0.29) is 18.4 Å². The fourth-order valence-electron chi connectivity index (χ4n) is 5.96. The van der Waals surface area contributed by atoms with E-state index in [0.29, 0.717) is 36.8 Å². The molecule has 10 heteroatoms. The van der Waals surface area contributed by atoms with Gasteiger partial charge in [-0.3, -0.25) is 19.5 Å². The Morgan fingerprint density at radius 1 is 1.21 bits per heavy atom. The molecule has 0 aliphatic carbocycles. The Balaban J connectivity index is 1.07. The normalized spacial score (nSPS) is 16.6. The van der Waals surface area contributed by atoms with Crippen molar-refractivity contribution in [2.75, 3.05) is 32.7 Å². The molecular formula is C32H41N5O5. The predicted molar refractivity (Wildman–Crippen MR) is 157 cm³/mol. The van der Waals surface area contributed by atoms with Crippen LogP contribution in [0.5, 0.6) is 5.75 Å². The summed E-state index contributed by atoms with van der Waals surface area (Å²) in [6, 6.07) is 7.64. The van der Waals surface area contributed by atoms with Crippen LogP contribution in [0.2, 0.25) is 0 Å². The van der Waals surface area contributed by atoms with Gasteiger partial charge in [-0.2, -0.15) is 0 Å². The summed E-state index contributed by atoms with van der Waals surface area (Å²) in [4.78, 5) is 37.4. The molecule has 0 saturated carbocycles. The number of pyridine rings is 1. The van der Waals surface area contributed by atoms with Gasteiger partial charge >= 0.3 is 0 Å². The molecule has 2 N–H and O–H groups in total. The molecule has 1 aromatic carbocycles. The van der Waals surface area contributed by atoms with Crippen molar-refractivity contribution < 1.29 is 23.8 Å². The third-order valence-corrected chi connectivity index (χ3v) is 8.38. The maximum Gasteiger partial charge on any atom is 0.251 e. The number of benzene rings is 1. The van der Waals surface area contributed by atoms with Gasteiger partial charge in [0.2, 0.25) is 5.91 Å². The Bertz CT molecular complexity index is 1350. The maximum atomic E-state index is 12.9. The first-order chi connectivity index (χ1) is 20.4. The van der Waals surface area contributed by atoms with Crippen LogP contribution in [-0.4, -0.2) is 75.5 Å². The summed E-state index contributed by atoms with van der Waals surface area (Å²) in [6.45, 7) is 8.11. The number of carbonyl (C=O) groups excluding carboxylic acids is 2. The van der Waals surface area contributed by atoms with Crippen LogP contribution in [0.25, 0.3) is 0 Å². The van der Waals surface area contributed by atoms with Gasteiger partial charge < -0.3 is 24.5 Å². The summed E-state index contributed by atoms with van der Waals surface area (Å²) in [5, 5.41) is 13.6. The topological polar surface area (TPSA) is 121 Å². The largest absolute Gasteiger partial charge is 0.485 e. The third kappa shape index (κ3) is 7.54. The number of rotatable bonds is 11. The molecule has 0 unspecified atom stereocenters. The number of hydrogen-bond acceptors (Lipinski definition) is 8. The zero-order valence-corrected chi connectivity index (χ0v) is 24.6. The van der Waals surface area contributed by atoms with Gasteiger partial charge in [0, 0.05) is 63.1 Å². The van der Waals surface area contributed by atoms with Gasteiger partial charge in [-0.25, -0.2) is 4.98 Å². The summed E-state index contributed by atoms with van der Waals surface area (Å²) >= 11 is 0. The molecule has 2 aliphatic heterocycles.